The van der Waals surface area contributed by atoms with Crippen molar-refractivity contribution in [2.75, 3.05) is 31.4 Å². The lowest BCUT2D eigenvalue weighted by Crippen LogP contribution is -2.16. The van der Waals surface area contributed by atoms with Gasteiger partial charge in [0.1, 0.15) is 5.75 Å². The molecule has 0 aromatic heterocycles. The number of carbonyl (C=O) groups excluding carboxylic acids is 2. The normalized spacial score (nSPS) is 9.92. The summed E-state index contributed by atoms with van der Waals surface area (Å²) in [7, 11) is 2.89. The monoisotopic (exact) mass is 328 g/mol. The fourth-order valence-electron chi connectivity index (χ4n) is 2.15. The summed E-state index contributed by atoms with van der Waals surface area (Å²) in [5.41, 5.74) is 1.85. The predicted molar refractivity (Wildman–Crippen MR) is 92.5 cm³/mol. The Labute approximate surface area is 140 Å². The molecule has 24 heavy (non-hydrogen) atoms. The number of hydrogen-bond donors (Lipinski definition) is 2. The van der Waals surface area contributed by atoms with Gasteiger partial charge in [0.15, 0.2) is 0 Å². The van der Waals surface area contributed by atoms with Crippen LogP contribution in [0.25, 0.3) is 0 Å². The standard InChI is InChI=1S/C18H20N2O4/c1-23-16-9-4-3-8-15(16)20-17(21)10-11-19-14-7-5-6-13(12-14)18(22)24-2/h3-9,12,19H,10-11H2,1-2H3,(H,20,21). The molecule has 0 saturated heterocycles. The summed E-state index contributed by atoms with van der Waals surface area (Å²) < 4.78 is 9.87. The highest BCUT2D eigenvalue weighted by Crippen LogP contribution is 2.23. The number of rotatable bonds is 7. The molecule has 0 aliphatic carbocycles. The molecular formula is C18H20N2O4. The van der Waals surface area contributed by atoms with E-state index in [0.717, 1.165) is 5.69 Å². The summed E-state index contributed by atoms with van der Waals surface area (Å²) in [6, 6.07) is 14.2. The third-order valence-electron chi connectivity index (χ3n) is 3.35. The molecule has 0 unspecified atom stereocenters. The van der Waals surface area contributed by atoms with Gasteiger partial charge in [0.25, 0.3) is 0 Å². The molecule has 126 valence electrons. The maximum Gasteiger partial charge on any atom is 0.337 e. The Hall–Kier alpha value is -3.02. The lowest BCUT2D eigenvalue weighted by atomic mass is 10.2. The molecule has 0 atom stereocenters. The van der Waals surface area contributed by atoms with Crippen LogP contribution in [0.15, 0.2) is 48.5 Å². The van der Waals surface area contributed by atoms with Crippen LogP contribution in [0, 0.1) is 0 Å². The predicted octanol–water partition coefficient (Wildman–Crippen LogP) is 2.92. The highest BCUT2D eigenvalue weighted by molar-refractivity contribution is 5.92. The zero-order valence-electron chi connectivity index (χ0n) is 13.7. The zero-order valence-corrected chi connectivity index (χ0v) is 13.7. The van der Waals surface area contributed by atoms with Gasteiger partial charge in [-0.2, -0.15) is 0 Å². The SMILES string of the molecule is COC(=O)c1cccc(NCCC(=O)Nc2ccccc2OC)c1. The van der Waals surface area contributed by atoms with Crippen molar-refractivity contribution in [1.29, 1.82) is 0 Å². The van der Waals surface area contributed by atoms with E-state index in [1.165, 1.54) is 7.11 Å². The van der Waals surface area contributed by atoms with Crippen molar-refractivity contribution in [2.45, 2.75) is 6.42 Å². The molecule has 0 aliphatic heterocycles. The molecule has 0 fully saturated rings. The van der Waals surface area contributed by atoms with E-state index in [0.29, 0.717) is 23.5 Å². The largest absolute Gasteiger partial charge is 0.495 e. The van der Waals surface area contributed by atoms with Crippen molar-refractivity contribution in [1.82, 2.24) is 0 Å². The van der Waals surface area contributed by atoms with Crippen LogP contribution in [0.5, 0.6) is 5.75 Å². The number of nitrogens with one attached hydrogen (secondary N) is 2. The van der Waals surface area contributed by atoms with Crippen LogP contribution < -0.4 is 15.4 Å². The minimum absolute atomic E-state index is 0.129. The molecule has 0 bridgehead atoms. The molecule has 0 heterocycles. The first kappa shape index (κ1) is 17.3. The fraction of sp³-hybridized carbons (Fsp3) is 0.222. The van der Waals surface area contributed by atoms with Crippen molar-refractivity contribution in [3.63, 3.8) is 0 Å². The van der Waals surface area contributed by atoms with E-state index in [4.69, 9.17) is 4.74 Å². The van der Waals surface area contributed by atoms with E-state index in [9.17, 15) is 9.59 Å². The molecule has 2 aromatic carbocycles. The highest BCUT2D eigenvalue weighted by Gasteiger charge is 2.08. The zero-order chi connectivity index (χ0) is 17.4. The first-order valence-corrected chi connectivity index (χ1v) is 7.49. The third-order valence-corrected chi connectivity index (χ3v) is 3.35. The van der Waals surface area contributed by atoms with Gasteiger partial charge in [-0.25, -0.2) is 4.79 Å². The Morgan fingerprint density at radius 3 is 2.58 bits per heavy atom. The van der Waals surface area contributed by atoms with Gasteiger partial charge in [-0.1, -0.05) is 18.2 Å². The second-order valence-corrected chi connectivity index (χ2v) is 5.00. The fourth-order valence-corrected chi connectivity index (χ4v) is 2.15. The van der Waals surface area contributed by atoms with Crippen molar-refractivity contribution >= 4 is 23.3 Å². The third kappa shape index (κ3) is 4.74. The van der Waals surface area contributed by atoms with Gasteiger partial charge in [0, 0.05) is 18.7 Å². The first-order valence-electron chi connectivity index (χ1n) is 7.49. The van der Waals surface area contributed by atoms with Crippen molar-refractivity contribution < 1.29 is 19.1 Å². The van der Waals surface area contributed by atoms with Crippen molar-refractivity contribution in [2.24, 2.45) is 0 Å². The number of benzene rings is 2. The Bertz CT molecular complexity index is 716. The number of amides is 1. The molecule has 2 aromatic rings. The molecular weight excluding hydrogens is 308 g/mol. The summed E-state index contributed by atoms with van der Waals surface area (Å²) in [4.78, 5) is 23.5. The van der Waals surface area contributed by atoms with E-state index in [1.807, 2.05) is 18.2 Å². The second kappa shape index (κ2) is 8.57. The van der Waals surface area contributed by atoms with Gasteiger partial charge in [0.05, 0.1) is 25.5 Å². The minimum Gasteiger partial charge on any atom is -0.495 e. The maximum atomic E-state index is 12.0. The van der Waals surface area contributed by atoms with E-state index >= 15 is 0 Å². The number of para-hydroxylation sites is 2. The first-order chi connectivity index (χ1) is 11.6. The average molecular weight is 328 g/mol. The van der Waals surface area contributed by atoms with Crippen LogP contribution in [-0.2, 0) is 9.53 Å². The van der Waals surface area contributed by atoms with Crippen molar-refractivity contribution in [3.05, 3.63) is 54.1 Å². The lowest BCUT2D eigenvalue weighted by Gasteiger charge is -2.11. The molecule has 0 radical (unpaired) electrons. The van der Waals surface area contributed by atoms with E-state index in [1.54, 1.807) is 37.4 Å². The number of carbonyl (C=O) groups is 2. The summed E-state index contributed by atoms with van der Waals surface area (Å²) in [6.07, 6.45) is 0.278. The van der Waals surface area contributed by atoms with Crippen LogP contribution in [-0.4, -0.2) is 32.6 Å². The van der Waals surface area contributed by atoms with Gasteiger partial charge < -0.3 is 20.1 Å². The molecule has 2 rings (SSSR count). The minimum atomic E-state index is -0.396. The number of esters is 1. The molecule has 2 N–H and O–H groups in total. The van der Waals surface area contributed by atoms with Gasteiger partial charge >= 0.3 is 5.97 Å². The van der Waals surface area contributed by atoms with E-state index in [-0.39, 0.29) is 12.3 Å². The highest BCUT2D eigenvalue weighted by atomic mass is 16.5. The van der Waals surface area contributed by atoms with Crippen molar-refractivity contribution in [3.8, 4) is 5.75 Å². The number of hydrogen-bond acceptors (Lipinski definition) is 5. The topological polar surface area (TPSA) is 76.7 Å². The molecule has 1 amide bonds. The number of anilines is 2. The van der Waals surface area contributed by atoms with Gasteiger partial charge in [-0.15, -0.1) is 0 Å². The van der Waals surface area contributed by atoms with Crippen LogP contribution in [0.4, 0.5) is 11.4 Å². The van der Waals surface area contributed by atoms with E-state index < -0.39 is 5.97 Å². The Kier molecular flexibility index (Phi) is 6.19. The maximum absolute atomic E-state index is 12.0. The number of methoxy groups -OCH3 is 2. The van der Waals surface area contributed by atoms with Crippen LogP contribution in [0.1, 0.15) is 16.8 Å². The quantitative estimate of drug-likeness (QED) is 0.764. The van der Waals surface area contributed by atoms with Crippen LogP contribution in [0.3, 0.4) is 0 Å². The van der Waals surface area contributed by atoms with Gasteiger partial charge in [-0.3, -0.25) is 4.79 Å². The molecule has 0 aliphatic rings. The van der Waals surface area contributed by atoms with Gasteiger partial charge in [0.2, 0.25) is 5.91 Å². The van der Waals surface area contributed by atoms with Crippen LogP contribution >= 0.6 is 0 Å². The average Bonchev–Trinajstić information content (AvgIpc) is 2.61. The summed E-state index contributed by atoms with van der Waals surface area (Å²) >= 11 is 0. The Balaban J connectivity index is 1.85. The molecule has 0 saturated carbocycles. The number of ether oxygens (including phenoxy) is 2. The summed E-state index contributed by atoms with van der Waals surface area (Å²) in [6.45, 7) is 0.436. The molecule has 6 nitrogen and oxygen atoms in total. The van der Waals surface area contributed by atoms with Gasteiger partial charge in [-0.05, 0) is 30.3 Å². The Morgan fingerprint density at radius 2 is 1.83 bits per heavy atom. The molecule has 6 heteroatoms. The van der Waals surface area contributed by atoms with Crippen LogP contribution in [0.2, 0.25) is 0 Å². The second-order valence-electron chi connectivity index (χ2n) is 5.00. The Morgan fingerprint density at radius 1 is 1.04 bits per heavy atom. The summed E-state index contributed by atoms with van der Waals surface area (Å²) in [5.74, 6) is 0.0910. The lowest BCUT2D eigenvalue weighted by molar-refractivity contribution is -0.116. The van der Waals surface area contributed by atoms with E-state index in [2.05, 4.69) is 15.4 Å². The molecule has 0 spiro atoms. The summed E-state index contributed by atoms with van der Waals surface area (Å²) in [5, 5.41) is 5.92. The smallest absolute Gasteiger partial charge is 0.337 e.